The van der Waals surface area contributed by atoms with E-state index in [0.29, 0.717) is 5.56 Å². The second-order valence-corrected chi connectivity index (χ2v) is 4.77. The fraction of sp³-hybridized carbons (Fsp3) is 0.462. The third kappa shape index (κ3) is 1.82. The number of benzene rings is 1. The van der Waals surface area contributed by atoms with Crippen LogP contribution in [0.5, 0.6) is 0 Å². The Morgan fingerprint density at radius 2 is 2.00 bits per heavy atom. The predicted octanol–water partition coefficient (Wildman–Crippen LogP) is 2.95. The van der Waals surface area contributed by atoms with Gasteiger partial charge in [-0.25, -0.2) is 4.39 Å². The van der Waals surface area contributed by atoms with Crippen molar-refractivity contribution >= 4 is 5.97 Å². The molecule has 0 bridgehead atoms. The first-order valence-electron chi connectivity index (χ1n) is 5.44. The molecular weight excluding hydrogens is 207 g/mol. The smallest absolute Gasteiger partial charge is 0.304 e. The number of hydrogen-bond acceptors (Lipinski definition) is 1. The first kappa shape index (κ1) is 11.1. The third-order valence-corrected chi connectivity index (χ3v) is 3.42. The molecule has 0 saturated heterocycles. The van der Waals surface area contributed by atoms with E-state index in [2.05, 4.69) is 0 Å². The summed E-state index contributed by atoms with van der Waals surface area (Å²) in [7, 11) is 0. The lowest BCUT2D eigenvalue weighted by atomic mass is 9.88. The van der Waals surface area contributed by atoms with Gasteiger partial charge in [0, 0.05) is 5.41 Å². The van der Waals surface area contributed by atoms with Gasteiger partial charge in [-0.3, -0.25) is 4.79 Å². The molecule has 0 aromatic heterocycles. The van der Waals surface area contributed by atoms with Gasteiger partial charge in [-0.1, -0.05) is 6.07 Å². The van der Waals surface area contributed by atoms with Crippen LogP contribution in [0.4, 0.5) is 4.39 Å². The zero-order valence-corrected chi connectivity index (χ0v) is 9.51. The minimum atomic E-state index is -0.779. The summed E-state index contributed by atoms with van der Waals surface area (Å²) in [6.45, 7) is 3.56. The normalized spacial score (nSPS) is 17.2. The van der Waals surface area contributed by atoms with Crippen LogP contribution < -0.4 is 0 Å². The van der Waals surface area contributed by atoms with Crippen molar-refractivity contribution in [1.82, 2.24) is 0 Å². The molecule has 1 N–H and O–H groups in total. The lowest BCUT2D eigenvalue weighted by molar-refractivity contribution is -0.137. The molecule has 1 aromatic carbocycles. The van der Waals surface area contributed by atoms with Gasteiger partial charge >= 0.3 is 5.97 Å². The summed E-state index contributed by atoms with van der Waals surface area (Å²) in [5, 5.41) is 8.89. The zero-order chi connectivity index (χ0) is 11.9. The number of aryl methyl sites for hydroxylation is 2. The number of hydrogen-bond donors (Lipinski definition) is 1. The van der Waals surface area contributed by atoms with Crippen LogP contribution in [0.15, 0.2) is 12.1 Å². The van der Waals surface area contributed by atoms with E-state index in [1.165, 1.54) is 6.07 Å². The average Bonchev–Trinajstić information content (AvgIpc) is 2.91. The Labute approximate surface area is 94.1 Å². The van der Waals surface area contributed by atoms with Crippen LogP contribution >= 0.6 is 0 Å². The van der Waals surface area contributed by atoms with Gasteiger partial charge in [0.15, 0.2) is 0 Å². The molecule has 0 radical (unpaired) electrons. The fourth-order valence-electron chi connectivity index (χ4n) is 2.33. The van der Waals surface area contributed by atoms with Crippen molar-refractivity contribution in [3.63, 3.8) is 0 Å². The van der Waals surface area contributed by atoms with Crippen molar-refractivity contribution in [1.29, 1.82) is 0 Å². The van der Waals surface area contributed by atoms with Gasteiger partial charge in [0.25, 0.3) is 0 Å². The number of carboxylic acids is 1. The highest BCUT2D eigenvalue weighted by Gasteiger charge is 2.46. The maximum atomic E-state index is 13.3. The Kier molecular flexibility index (Phi) is 2.49. The van der Waals surface area contributed by atoms with E-state index in [1.54, 1.807) is 13.0 Å². The van der Waals surface area contributed by atoms with Crippen LogP contribution in [0.2, 0.25) is 0 Å². The lowest BCUT2D eigenvalue weighted by Gasteiger charge is -2.17. The van der Waals surface area contributed by atoms with Crippen LogP contribution in [0.1, 0.15) is 36.0 Å². The van der Waals surface area contributed by atoms with Crippen LogP contribution in [0.3, 0.4) is 0 Å². The second-order valence-electron chi connectivity index (χ2n) is 4.77. The van der Waals surface area contributed by atoms with Crippen LogP contribution in [0.25, 0.3) is 0 Å². The topological polar surface area (TPSA) is 37.3 Å². The van der Waals surface area contributed by atoms with Gasteiger partial charge in [0.2, 0.25) is 0 Å². The summed E-state index contributed by atoms with van der Waals surface area (Å²) in [5.41, 5.74) is 2.24. The van der Waals surface area contributed by atoms with Crippen molar-refractivity contribution < 1.29 is 14.3 Å². The standard InChI is InChI=1S/C13H15FO2/c1-8-6-11(14)9(2)5-10(8)13(3-4-13)7-12(15)16/h5-6H,3-4,7H2,1-2H3,(H,15,16). The average molecular weight is 222 g/mol. The highest BCUT2D eigenvalue weighted by atomic mass is 19.1. The van der Waals surface area contributed by atoms with Crippen molar-refractivity contribution in [3.05, 3.63) is 34.6 Å². The second kappa shape index (κ2) is 3.58. The molecule has 2 rings (SSSR count). The molecular formula is C13H15FO2. The Morgan fingerprint density at radius 1 is 1.38 bits per heavy atom. The molecule has 1 fully saturated rings. The molecule has 16 heavy (non-hydrogen) atoms. The van der Waals surface area contributed by atoms with Crippen LogP contribution in [0, 0.1) is 19.7 Å². The van der Waals surface area contributed by atoms with Gasteiger partial charge in [0.05, 0.1) is 6.42 Å². The van der Waals surface area contributed by atoms with E-state index < -0.39 is 5.97 Å². The molecule has 1 aliphatic rings. The molecule has 0 atom stereocenters. The van der Waals surface area contributed by atoms with Gasteiger partial charge in [0.1, 0.15) is 5.82 Å². The Balaban J connectivity index is 2.41. The number of halogens is 1. The molecule has 1 aromatic rings. The first-order valence-corrected chi connectivity index (χ1v) is 5.44. The molecule has 0 amide bonds. The molecule has 3 heteroatoms. The van der Waals surface area contributed by atoms with Gasteiger partial charge in [-0.05, 0) is 49.4 Å². The predicted molar refractivity (Wildman–Crippen MR) is 59.0 cm³/mol. The lowest BCUT2D eigenvalue weighted by Crippen LogP contribution is -2.14. The Hall–Kier alpha value is -1.38. The Bertz CT molecular complexity index is 447. The molecule has 0 unspecified atom stereocenters. The quantitative estimate of drug-likeness (QED) is 0.853. The van der Waals surface area contributed by atoms with Crippen molar-refractivity contribution in [3.8, 4) is 0 Å². The van der Waals surface area contributed by atoms with E-state index in [9.17, 15) is 9.18 Å². The SMILES string of the molecule is Cc1cc(C2(CC(=O)O)CC2)c(C)cc1F. The fourth-order valence-corrected chi connectivity index (χ4v) is 2.33. The minimum Gasteiger partial charge on any atom is -0.481 e. The molecule has 1 saturated carbocycles. The summed E-state index contributed by atoms with van der Waals surface area (Å²) >= 11 is 0. The number of rotatable bonds is 3. The van der Waals surface area contributed by atoms with Crippen LogP contribution in [-0.2, 0) is 10.2 Å². The molecule has 0 aliphatic heterocycles. The van der Waals surface area contributed by atoms with Gasteiger partial charge in [-0.15, -0.1) is 0 Å². The largest absolute Gasteiger partial charge is 0.481 e. The molecule has 0 heterocycles. The third-order valence-electron chi connectivity index (χ3n) is 3.42. The van der Waals surface area contributed by atoms with Crippen LogP contribution in [-0.4, -0.2) is 11.1 Å². The first-order chi connectivity index (χ1) is 7.44. The molecule has 86 valence electrons. The monoisotopic (exact) mass is 222 g/mol. The number of aliphatic carboxylic acids is 1. The van der Waals surface area contributed by atoms with Crippen molar-refractivity contribution in [2.24, 2.45) is 0 Å². The highest BCUT2D eigenvalue weighted by Crippen LogP contribution is 2.52. The minimum absolute atomic E-state index is 0.152. The summed E-state index contributed by atoms with van der Waals surface area (Å²) in [6, 6.07) is 3.31. The maximum absolute atomic E-state index is 13.3. The number of carbonyl (C=O) groups is 1. The van der Waals surface area contributed by atoms with Crippen molar-refractivity contribution in [2.45, 2.75) is 38.5 Å². The van der Waals surface area contributed by atoms with E-state index in [1.807, 2.05) is 6.92 Å². The highest BCUT2D eigenvalue weighted by molar-refractivity contribution is 5.70. The van der Waals surface area contributed by atoms with Crippen molar-refractivity contribution in [2.75, 3.05) is 0 Å². The maximum Gasteiger partial charge on any atom is 0.304 e. The molecule has 1 aliphatic carbocycles. The molecule has 0 spiro atoms. The zero-order valence-electron chi connectivity index (χ0n) is 9.51. The van der Waals surface area contributed by atoms with Gasteiger partial charge in [-0.2, -0.15) is 0 Å². The summed E-state index contributed by atoms with van der Waals surface area (Å²) in [6.07, 6.45) is 1.94. The van der Waals surface area contributed by atoms with Gasteiger partial charge < -0.3 is 5.11 Å². The van der Waals surface area contributed by atoms with E-state index >= 15 is 0 Å². The Morgan fingerprint density at radius 3 is 2.50 bits per heavy atom. The number of carboxylic acid groups (broad SMARTS) is 1. The van der Waals surface area contributed by atoms with E-state index in [-0.39, 0.29) is 17.7 Å². The van der Waals surface area contributed by atoms with E-state index in [0.717, 1.165) is 24.0 Å². The summed E-state index contributed by atoms with van der Waals surface area (Å²) < 4.78 is 13.3. The molecule has 2 nitrogen and oxygen atoms in total. The van der Waals surface area contributed by atoms with E-state index in [4.69, 9.17) is 5.11 Å². The summed E-state index contributed by atoms with van der Waals surface area (Å²) in [5.74, 6) is -0.994. The summed E-state index contributed by atoms with van der Waals surface area (Å²) in [4.78, 5) is 10.8.